The van der Waals surface area contributed by atoms with Crippen LogP contribution in [-0.4, -0.2) is 31.9 Å². The van der Waals surface area contributed by atoms with Gasteiger partial charge in [0.05, 0.1) is 59.1 Å². The van der Waals surface area contributed by atoms with Gasteiger partial charge in [-0.3, -0.25) is 14.4 Å². The Morgan fingerprint density at radius 2 is 0.911 bits per heavy atom. The van der Waals surface area contributed by atoms with Gasteiger partial charge in [-0.2, -0.15) is 26.3 Å². The molecule has 0 saturated heterocycles. The van der Waals surface area contributed by atoms with Crippen LogP contribution in [0.1, 0.15) is 42.2 Å². The van der Waals surface area contributed by atoms with Gasteiger partial charge in [-0.1, -0.05) is 24.3 Å². The molecule has 0 radical (unpaired) electrons. The van der Waals surface area contributed by atoms with E-state index in [1.54, 1.807) is 12.1 Å². The van der Waals surface area contributed by atoms with Gasteiger partial charge in [0, 0.05) is 0 Å². The number of hydrogen-bond donors (Lipinski definition) is 3. The van der Waals surface area contributed by atoms with Crippen LogP contribution in [0.4, 0.5) is 43.4 Å². The lowest BCUT2D eigenvalue weighted by atomic mass is 10.1. The first-order chi connectivity index (χ1) is 21.2. The maximum absolute atomic E-state index is 13.6. The van der Waals surface area contributed by atoms with E-state index in [1.807, 2.05) is 0 Å². The molecule has 234 valence electrons. The number of alkyl halides is 6. The molecule has 0 heterocycles. The van der Waals surface area contributed by atoms with Crippen LogP contribution in [0.15, 0.2) is 84.9 Å². The number of halogens is 6. The molecule has 4 aromatic rings. The van der Waals surface area contributed by atoms with Crippen LogP contribution in [0.5, 0.6) is 11.5 Å². The van der Waals surface area contributed by atoms with Gasteiger partial charge >= 0.3 is 12.4 Å². The Morgan fingerprint density at radius 3 is 1.40 bits per heavy atom. The lowest BCUT2D eigenvalue weighted by molar-refractivity contribution is -0.138. The van der Waals surface area contributed by atoms with Crippen LogP contribution in [-0.2, 0) is 12.4 Å². The number of amides is 3. The second-order valence-electron chi connectivity index (χ2n) is 9.28. The molecule has 4 rings (SSSR count). The molecule has 4 aromatic carbocycles. The van der Waals surface area contributed by atoms with Crippen molar-refractivity contribution < 1.29 is 50.2 Å². The summed E-state index contributed by atoms with van der Waals surface area (Å²) in [6.45, 7) is 0. The van der Waals surface area contributed by atoms with E-state index in [-0.39, 0.29) is 28.3 Å². The molecule has 3 N–H and O–H groups in total. The molecule has 0 unspecified atom stereocenters. The minimum atomic E-state index is -4.84. The highest BCUT2D eigenvalue weighted by molar-refractivity contribution is 6.15. The van der Waals surface area contributed by atoms with Crippen molar-refractivity contribution in [3.63, 3.8) is 0 Å². The van der Waals surface area contributed by atoms with Gasteiger partial charge in [-0.25, -0.2) is 0 Å². The molecule has 8 nitrogen and oxygen atoms in total. The van der Waals surface area contributed by atoms with Crippen LogP contribution in [0, 0.1) is 0 Å². The smallest absolute Gasteiger partial charge is 0.416 e. The fourth-order valence-electron chi connectivity index (χ4n) is 4.19. The average molecular weight is 632 g/mol. The summed E-state index contributed by atoms with van der Waals surface area (Å²) in [7, 11) is 2.57. The van der Waals surface area contributed by atoms with E-state index in [9.17, 15) is 40.7 Å². The van der Waals surface area contributed by atoms with Crippen molar-refractivity contribution in [2.75, 3.05) is 30.2 Å². The topological polar surface area (TPSA) is 106 Å². The lowest BCUT2D eigenvalue weighted by Crippen LogP contribution is -2.21. The summed E-state index contributed by atoms with van der Waals surface area (Å²) < 4.78 is 91.6. The minimum Gasteiger partial charge on any atom is -0.496 e. The Bertz CT molecular complexity index is 1750. The predicted molar refractivity (Wildman–Crippen MR) is 153 cm³/mol. The van der Waals surface area contributed by atoms with E-state index in [1.165, 1.54) is 50.6 Å². The Labute approximate surface area is 252 Å². The Morgan fingerprint density at radius 1 is 0.511 bits per heavy atom. The summed E-state index contributed by atoms with van der Waals surface area (Å²) >= 11 is 0. The number of carbonyl (C=O) groups is 3. The van der Waals surface area contributed by atoms with Crippen molar-refractivity contribution in [2.45, 2.75) is 12.4 Å². The number of anilines is 3. The van der Waals surface area contributed by atoms with Gasteiger partial charge in [-0.05, 0) is 60.7 Å². The quantitative estimate of drug-likeness (QED) is 0.175. The normalized spacial score (nSPS) is 11.4. The van der Waals surface area contributed by atoms with Gasteiger partial charge in [0.25, 0.3) is 17.7 Å². The fraction of sp³-hybridized carbons (Fsp3) is 0.129. The van der Waals surface area contributed by atoms with E-state index in [0.717, 1.165) is 12.1 Å². The number of rotatable bonds is 8. The van der Waals surface area contributed by atoms with Gasteiger partial charge in [0.15, 0.2) is 0 Å². The fourth-order valence-corrected chi connectivity index (χ4v) is 4.19. The molecule has 14 heteroatoms. The molecule has 0 aliphatic carbocycles. The third kappa shape index (κ3) is 7.52. The van der Waals surface area contributed by atoms with Crippen LogP contribution in [0.2, 0.25) is 0 Å². The first-order valence-electron chi connectivity index (χ1n) is 12.9. The van der Waals surface area contributed by atoms with Crippen molar-refractivity contribution in [3.05, 3.63) is 113 Å². The van der Waals surface area contributed by atoms with Crippen molar-refractivity contribution >= 4 is 34.8 Å². The Kier molecular flexibility index (Phi) is 9.35. The highest BCUT2D eigenvalue weighted by atomic mass is 19.4. The molecule has 0 aliphatic heterocycles. The maximum Gasteiger partial charge on any atom is 0.416 e. The number of ether oxygens (including phenoxy) is 2. The van der Waals surface area contributed by atoms with Crippen LogP contribution >= 0.6 is 0 Å². The average Bonchev–Trinajstić information content (AvgIpc) is 3.00. The molecule has 0 bridgehead atoms. The molecule has 0 saturated carbocycles. The number of benzene rings is 4. The summed E-state index contributed by atoms with van der Waals surface area (Å²) in [5.74, 6) is -2.66. The monoisotopic (exact) mass is 631 g/mol. The number of para-hydroxylation sites is 2. The van der Waals surface area contributed by atoms with Crippen molar-refractivity contribution in [3.8, 4) is 11.5 Å². The first-order valence-corrected chi connectivity index (χ1v) is 12.9. The largest absolute Gasteiger partial charge is 0.496 e. The van der Waals surface area contributed by atoms with E-state index in [4.69, 9.17) is 9.47 Å². The molecule has 0 aliphatic rings. The predicted octanol–water partition coefficient (Wildman–Crippen LogP) is 7.50. The van der Waals surface area contributed by atoms with Crippen molar-refractivity contribution in [1.82, 2.24) is 0 Å². The zero-order chi connectivity index (χ0) is 32.9. The summed E-state index contributed by atoms with van der Waals surface area (Å²) in [4.78, 5) is 39.4. The van der Waals surface area contributed by atoms with E-state index in [0.29, 0.717) is 24.3 Å². The Hall–Kier alpha value is -5.53. The second-order valence-corrected chi connectivity index (χ2v) is 9.28. The van der Waals surface area contributed by atoms with Crippen molar-refractivity contribution in [2.24, 2.45) is 0 Å². The molecule has 45 heavy (non-hydrogen) atoms. The van der Waals surface area contributed by atoms with E-state index < -0.39 is 58.1 Å². The molecule has 0 atom stereocenters. The molecule has 3 amide bonds. The summed E-state index contributed by atoms with van der Waals surface area (Å²) in [5.41, 5.74) is -4.23. The third-order valence-corrected chi connectivity index (χ3v) is 6.39. The van der Waals surface area contributed by atoms with Crippen molar-refractivity contribution in [1.29, 1.82) is 0 Å². The zero-order valence-corrected chi connectivity index (χ0v) is 23.4. The molecular weight excluding hydrogens is 608 g/mol. The van der Waals surface area contributed by atoms with Gasteiger partial charge in [-0.15, -0.1) is 0 Å². The number of hydrogen-bond acceptors (Lipinski definition) is 5. The zero-order valence-electron chi connectivity index (χ0n) is 23.4. The lowest BCUT2D eigenvalue weighted by Gasteiger charge is -2.18. The van der Waals surface area contributed by atoms with Crippen LogP contribution < -0.4 is 25.4 Å². The summed E-state index contributed by atoms with van der Waals surface area (Å²) in [6, 6.07) is 15.8. The molecule has 0 fully saturated rings. The van der Waals surface area contributed by atoms with E-state index in [2.05, 4.69) is 16.0 Å². The van der Waals surface area contributed by atoms with Gasteiger partial charge in [0.2, 0.25) is 0 Å². The van der Waals surface area contributed by atoms with Crippen LogP contribution in [0.25, 0.3) is 0 Å². The molecule has 0 aromatic heterocycles. The maximum atomic E-state index is 13.6. The molecule has 0 spiro atoms. The minimum absolute atomic E-state index is 0.0289. The first kappa shape index (κ1) is 32.4. The SMILES string of the molecule is COc1ccccc1C(=O)Nc1cc(C(F)(F)F)ccc1NC(=O)c1ccc(C(F)(F)F)cc1NC(=O)c1ccccc1OC. The molecular formula is C31H23F6N3O5. The number of carbonyl (C=O) groups excluding carboxylic acids is 3. The number of nitrogens with one attached hydrogen (secondary N) is 3. The standard InChI is InChI=1S/C31H23F6N3O5/c1-44-25-9-5-3-7-20(25)28(42)39-23-15-17(30(32,33)34)11-13-19(23)27(41)38-22-14-12-18(31(35,36)37)16-24(22)40-29(43)21-8-4-6-10-26(21)45-2/h3-16H,1-2H3,(H,38,41)(H,39,42)(H,40,43). The Balaban J connectivity index is 1.73. The van der Waals surface area contributed by atoms with Gasteiger partial charge in [0.1, 0.15) is 11.5 Å². The van der Waals surface area contributed by atoms with E-state index >= 15 is 0 Å². The summed E-state index contributed by atoms with van der Waals surface area (Å²) in [5, 5.41) is 6.91. The second kappa shape index (κ2) is 13.0. The highest BCUT2D eigenvalue weighted by Crippen LogP contribution is 2.36. The summed E-state index contributed by atoms with van der Waals surface area (Å²) in [6.07, 6.45) is -9.67. The number of methoxy groups -OCH3 is 2. The third-order valence-electron chi connectivity index (χ3n) is 6.39. The van der Waals surface area contributed by atoms with Gasteiger partial charge < -0.3 is 25.4 Å². The van der Waals surface area contributed by atoms with Crippen LogP contribution in [0.3, 0.4) is 0 Å². The highest BCUT2D eigenvalue weighted by Gasteiger charge is 2.33.